The highest BCUT2D eigenvalue weighted by atomic mass is 16.4. The summed E-state index contributed by atoms with van der Waals surface area (Å²) in [6, 6.07) is 0. The van der Waals surface area contributed by atoms with Gasteiger partial charge in [0, 0.05) is 0 Å². The molecule has 4 heteroatoms. The number of carboxylic acids is 1. The van der Waals surface area contributed by atoms with E-state index in [0.717, 1.165) is 0 Å². The Morgan fingerprint density at radius 2 is 2.09 bits per heavy atom. The van der Waals surface area contributed by atoms with E-state index >= 15 is 0 Å². The van der Waals surface area contributed by atoms with Gasteiger partial charge >= 0.3 is 5.97 Å². The molecule has 11 heavy (non-hydrogen) atoms. The summed E-state index contributed by atoms with van der Waals surface area (Å²) in [6.45, 7) is 0. The second kappa shape index (κ2) is 2.86. The lowest BCUT2D eigenvalue weighted by atomic mass is 10.00. The van der Waals surface area contributed by atoms with Crippen molar-refractivity contribution in [3.05, 3.63) is 23.8 Å². The van der Waals surface area contributed by atoms with Crippen LogP contribution < -0.4 is 0 Å². The monoisotopic (exact) mass is 156 g/mol. The topological polar surface area (TPSA) is 77.8 Å². The summed E-state index contributed by atoms with van der Waals surface area (Å²) in [5.74, 6) is -1.21. The maximum absolute atomic E-state index is 10.3. The molecule has 1 aliphatic carbocycles. The summed E-state index contributed by atoms with van der Waals surface area (Å²) < 4.78 is 0. The molecule has 1 rings (SSSR count). The Kier molecular flexibility index (Phi) is 2.07. The van der Waals surface area contributed by atoms with Crippen LogP contribution in [0, 0.1) is 0 Å². The van der Waals surface area contributed by atoms with Crippen LogP contribution in [0.1, 0.15) is 0 Å². The largest absolute Gasteiger partial charge is 0.478 e. The van der Waals surface area contributed by atoms with Gasteiger partial charge in [-0.25, -0.2) is 4.79 Å². The average molecular weight is 156 g/mol. The molecule has 0 saturated heterocycles. The van der Waals surface area contributed by atoms with Crippen LogP contribution in [0.5, 0.6) is 0 Å². The molecule has 60 valence electrons. The molecule has 3 N–H and O–H groups in total. The molecule has 0 saturated carbocycles. The van der Waals surface area contributed by atoms with Crippen LogP contribution >= 0.6 is 0 Å². The molecule has 1 aliphatic rings. The maximum atomic E-state index is 10.3. The van der Waals surface area contributed by atoms with Crippen molar-refractivity contribution in [2.45, 2.75) is 12.2 Å². The highest BCUT2D eigenvalue weighted by molar-refractivity contribution is 5.88. The fraction of sp³-hybridized carbons (Fsp3) is 0.286. The van der Waals surface area contributed by atoms with Crippen LogP contribution in [-0.2, 0) is 4.79 Å². The minimum atomic E-state index is -1.31. The highest BCUT2D eigenvalue weighted by Gasteiger charge is 2.25. The second-order valence-corrected chi connectivity index (χ2v) is 2.25. The Morgan fingerprint density at radius 3 is 2.55 bits per heavy atom. The van der Waals surface area contributed by atoms with Gasteiger partial charge in [-0.15, -0.1) is 0 Å². The molecule has 0 aromatic heterocycles. The minimum absolute atomic E-state index is 0.181. The van der Waals surface area contributed by atoms with Crippen LogP contribution in [0.3, 0.4) is 0 Å². The third kappa shape index (κ3) is 1.47. The van der Waals surface area contributed by atoms with Crippen molar-refractivity contribution in [2.24, 2.45) is 0 Å². The van der Waals surface area contributed by atoms with Crippen molar-refractivity contribution < 1.29 is 20.1 Å². The van der Waals surface area contributed by atoms with Crippen LogP contribution in [0.15, 0.2) is 23.8 Å². The van der Waals surface area contributed by atoms with E-state index in [1.165, 1.54) is 18.2 Å². The number of carbonyl (C=O) groups is 1. The van der Waals surface area contributed by atoms with Gasteiger partial charge in [0.25, 0.3) is 0 Å². The van der Waals surface area contributed by atoms with Gasteiger partial charge in [0.15, 0.2) is 0 Å². The first-order chi connectivity index (χ1) is 5.13. The Hall–Kier alpha value is -1.13. The molecular formula is C7H8O4. The smallest absolute Gasteiger partial charge is 0.334 e. The number of carboxylic acid groups (broad SMARTS) is 1. The SMILES string of the molecule is O=C(O)C1=CC=C[C@@H](O)[C@@H]1O. The lowest BCUT2D eigenvalue weighted by Crippen LogP contribution is -2.31. The van der Waals surface area contributed by atoms with Crippen molar-refractivity contribution >= 4 is 5.97 Å². The molecule has 2 atom stereocenters. The molecule has 0 unspecified atom stereocenters. The van der Waals surface area contributed by atoms with Gasteiger partial charge in [-0.05, 0) is 6.08 Å². The molecular weight excluding hydrogens is 148 g/mol. The van der Waals surface area contributed by atoms with Crippen molar-refractivity contribution in [1.82, 2.24) is 0 Å². The Balaban J connectivity index is 2.87. The Labute approximate surface area is 63.1 Å². The van der Waals surface area contributed by atoms with E-state index in [9.17, 15) is 4.79 Å². The zero-order chi connectivity index (χ0) is 8.43. The normalized spacial score (nSPS) is 29.8. The maximum Gasteiger partial charge on any atom is 0.334 e. The number of allylic oxidation sites excluding steroid dienone is 2. The lowest BCUT2D eigenvalue weighted by Gasteiger charge is -2.17. The number of aliphatic hydroxyl groups excluding tert-OH is 2. The van der Waals surface area contributed by atoms with E-state index in [1.54, 1.807) is 0 Å². The zero-order valence-corrected chi connectivity index (χ0v) is 5.64. The fourth-order valence-electron chi connectivity index (χ4n) is 0.859. The molecule has 0 amide bonds. The standard InChI is InChI=1S/C7H8O4/c8-5-3-1-2-4(6(5)9)7(10)11/h1-3,5-6,8-9H,(H,10,11)/t5-,6-/m1/s1. The van der Waals surface area contributed by atoms with Gasteiger partial charge in [-0.3, -0.25) is 0 Å². The summed E-state index contributed by atoms with van der Waals surface area (Å²) in [7, 11) is 0. The summed E-state index contributed by atoms with van der Waals surface area (Å²) in [5.41, 5.74) is -0.181. The number of aliphatic hydroxyl groups is 2. The van der Waals surface area contributed by atoms with Crippen LogP contribution in [-0.4, -0.2) is 33.5 Å². The van der Waals surface area contributed by atoms with E-state index < -0.39 is 18.2 Å². The van der Waals surface area contributed by atoms with Crippen molar-refractivity contribution in [1.29, 1.82) is 0 Å². The molecule has 0 aromatic carbocycles. The summed E-state index contributed by atoms with van der Waals surface area (Å²) in [4.78, 5) is 10.3. The number of hydrogen-bond acceptors (Lipinski definition) is 3. The van der Waals surface area contributed by atoms with Gasteiger partial charge < -0.3 is 15.3 Å². The van der Waals surface area contributed by atoms with E-state index in [0.29, 0.717) is 0 Å². The number of hydrogen-bond donors (Lipinski definition) is 3. The van der Waals surface area contributed by atoms with Crippen LogP contribution in [0.25, 0.3) is 0 Å². The lowest BCUT2D eigenvalue weighted by molar-refractivity contribution is -0.134. The van der Waals surface area contributed by atoms with Crippen molar-refractivity contribution in [3.8, 4) is 0 Å². The number of aliphatic carboxylic acids is 1. The van der Waals surface area contributed by atoms with Crippen LogP contribution in [0.4, 0.5) is 0 Å². The molecule has 0 aromatic rings. The summed E-state index contributed by atoms with van der Waals surface area (Å²) >= 11 is 0. The molecule has 4 nitrogen and oxygen atoms in total. The first-order valence-corrected chi connectivity index (χ1v) is 3.10. The van der Waals surface area contributed by atoms with Gasteiger partial charge in [0.05, 0.1) is 5.57 Å². The van der Waals surface area contributed by atoms with Gasteiger partial charge in [-0.1, -0.05) is 12.2 Å². The van der Waals surface area contributed by atoms with E-state index in [2.05, 4.69) is 0 Å². The number of rotatable bonds is 1. The van der Waals surface area contributed by atoms with Crippen molar-refractivity contribution in [3.63, 3.8) is 0 Å². The average Bonchev–Trinajstić information content (AvgIpc) is 1.94. The third-order valence-corrected chi connectivity index (χ3v) is 1.47. The van der Waals surface area contributed by atoms with Gasteiger partial charge in [0.2, 0.25) is 0 Å². The molecule has 0 bridgehead atoms. The summed E-state index contributed by atoms with van der Waals surface area (Å²) in [5, 5.41) is 26.5. The Morgan fingerprint density at radius 1 is 1.45 bits per heavy atom. The zero-order valence-electron chi connectivity index (χ0n) is 5.64. The Bertz CT molecular complexity index is 229. The van der Waals surface area contributed by atoms with E-state index in [4.69, 9.17) is 15.3 Å². The first-order valence-electron chi connectivity index (χ1n) is 3.10. The highest BCUT2D eigenvalue weighted by Crippen LogP contribution is 2.13. The molecule has 0 aliphatic heterocycles. The minimum Gasteiger partial charge on any atom is -0.478 e. The summed E-state index contributed by atoms with van der Waals surface area (Å²) in [6.07, 6.45) is 1.58. The quantitative estimate of drug-likeness (QED) is 0.468. The van der Waals surface area contributed by atoms with E-state index in [-0.39, 0.29) is 5.57 Å². The van der Waals surface area contributed by atoms with Gasteiger partial charge in [-0.2, -0.15) is 0 Å². The van der Waals surface area contributed by atoms with Gasteiger partial charge in [0.1, 0.15) is 12.2 Å². The predicted molar refractivity (Wildman–Crippen MR) is 36.9 cm³/mol. The van der Waals surface area contributed by atoms with Crippen molar-refractivity contribution in [2.75, 3.05) is 0 Å². The predicted octanol–water partition coefficient (Wildman–Crippen LogP) is -0.711. The molecule has 0 spiro atoms. The second-order valence-electron chi connectivity index (χ2n) is 2.25. The molecule has 0 radical (unpaired) electrons. The molecule has 0 fully saturated rings. The van der Waals surface area contributed by atoms with E-state index in [1.807, 2.05) is 0 Å². The first kappa shape index (κ1) is 7.97. The molecule has 0 heterocycles. The fourth-order valence-corrected chi connectivity index (χ4v) is 0.859. The van der Waals surface area contributed by atoms with Crippen LogP contribution in [0.2, 0.25) is 0 Å². The third-order valence-electron chi connectivity index (χ3n) is 1.47.